The number of rotatable bonds is 5. The summed E-state index contributed by atoms with van der Waals surface area (Å²) in [5.41, 5.74) is 4.05. The topological polar surface area (TPSA) is 56.7 Å². The standard InChI is InChI=1S/C22H17Cl3N4O/c1-12-20(22-27-26-19(30-22)10-13-2-3-13)28-29(18-9-8-16(24)11-17(18)25)21(12)14-4-6-15(23)7-5-14/h4-9,11,13H,2-3,10H2,1H3. The fraction of sp³-hybridized carbons (Fsp3) is 0.227. The first kappa shape index (κ1) is 19.6. The lowest BCUT2D eigenvalue weighted by atomic mass is 10.1. The average Bonchev–Trinajstić information content (AvgIpc) is 3.30. The van der Waals surface area contributed by atoms with E-state index >= 15 is 0 Å². The van der Waals surface area contributed by atoms with E-state index in [0.717, 1.165) is 23.2 Å². The Kier molecular flexibility index (Phi) is 5.05. The van der Waals surface area contributed by atoms with Gasteiger partial charge in [0.25, 0.3) is 5.89 Å². The van der Waals surface area contributed by atoms with Crippen molar-refractivity contribution >= 4 is 34.8 Å². The number of benzene rings is 2. The van der Waals surface area contributed by atoms with Crippen molar-refractivity contribution in [2.45, 2.75) is 26.2 Å². The highest BCUT2D eigenvalue weighted by molar-refractivity contribution is 6.35. The minimum atomic E-state index is 0.405. The predicted molar refractivity (Wildman–Crippen MR) is 118 cm³/mol. The Labute approximate surface area is 188 Å². The van der Waals surface area contributed by atoms with Crippen molar-refractivity contribution in [2.75, 3.05) is 0 Å². The maximum absolute atomic E-state index is 6.51. The van der Waals surface area contributed by atoms with Crippen LogP contribution in [0.25, 0.3) is 28.5 Å². The second kappa shape index (κ2) is 7.73. The van der Waals surface area contributed by atoms with Gasteiger partial charge in [-0.25, -0.2) is 4.68 Å². The van der Waals surface area contributed by atoms with Crippen LogP contribution in [0.15, 0.2) is 46.9 Å². The second-order valence-corrected chi connectivity index (χ2v) is 8.77. The molecule has 0 atom stereocenters. The van der Waals surface area contributed by atoms with E-state index in [1.807, 2.05) is 37.3 Å². The fourth-order valence-electron chi connectivity index (χ4n) is 3.47. The van der Waals surface area contributed by atoms with Crippen LogP contribution in [-0.2, 0) is 6.42 Å². The van der Waals surface area contributed by atoms with Crippen LogP contribution in [0.3, 0.4) is 0 Å². The number of hydrogen-bond acceptors (Lipinski definition) is 4. The molecule has 1 fully saturated rings. The predicted octanol–water partition coefficient (Wildman–Crippen LogP) is 6.81. The largest absolute Gasteiger partial charge is 0.419 e. The van der Waals surface area contributed by atoms with Crippen LogP contribution in [0.4, 0.5) is 0 Å². The highest BCUT2D eigenvalue weighted by Gasteiger charge is 2.27. The van der Waals surface area contributed by atoms with E-state index in [1.165, 1.54) is 12.8 Å². The van der Waals surface area contributed by atoms with Crippen molar-refractivity contribution in [3.8, 4) is 28.5 Å². The van der Waals surface area contributed by atoms with E-state index in [4.69, 9.17) is 44.3 Å². The molecule has 152 valence electrons. The van der Waals surface area contributed by atoms with E-state index in [1.54, 1.807) is 16.8 Å². The maximum Gasteiger partial charge on any atom is 0.268 e. The van der Waals surface area contributed by atoms with Crippen molar-refractivity contribution in [1.29, 1.82) is 0 Å². The SMILES string of the molecule is Cc1c(-c2nnc(CC3CC3)o2)nn(-c2ccc(Cl)cc2Cl)c1-c1ccc(Cl)cc1. The summed E-state index contributed by atoms with van der Waals surface area (Å²) in [6.07, 6.45) is 3.27. The van der Waals surface area contributed by atoms with Gasteiger partial charge >= 0.3 is 0 Å². The van der Waals surface area contributed by atoms with Crippen LogP contribution in [0, 0.1) is 12.8 Å². The summed E-state index contributed by atoms with van der Waals surface area (Å²) in [4.78, 5) is 0. The van der Waals surface area contributed by atoms with Crippen LogP contribution >= 0.6 is 34.8 Å². The molecule has 2 aromatic heterocycles. The van der Waals surface area contributed by atoms with Gasteiger partial charge in [0.2, 0.25) is 5.89 Å². The van der Waals surface area contributed by atoms with Gasteiger partial charge in [-0.05, 0) is 56.0 Å². The third kappa shape index (κ3) is 3.73. The van der Waals surface area contributed by atoms with E-state index in [2.05, 4.69) is 10.2 Å². The third-order valence-electron chi connectivity index (χ3n) is 5.21. The molecule has 1 saturated carbocycles. The molecular formula is C22H17Cl3N4O. The Hall–Kier alpha value is -2.34. The molecule has 0 aliphatic heterocycles. The average molecular weight is 460 g/mol. The van der Waals surface area contributed by atoms with Crippen molar-refractivity contribution in [3.05, 3.63) is 69.0 Å². The maximum atomic E-state index is 6.51. The molecule has 0 unspecified atom stereocenters. The van der Waals surface area contributed by atoms with Crippen LogP contribution in [-0.4, -0.2) is 20.0 Å². The highest BCUT2D eigenvalue weighted by Crippen LogP contribution is 2.37. The van der Waals surface area contributed by atoms with E-state index in [-0.39, 0.29) is 0 Å². The number of halogens is 3. The zero-order chi connectivity index (χ0) is 20.8. The Morgan fingerprint density at radius 2 is 1.73 bits per heavy atom. The zero-order valence-electron chi connectivity index (χ0n) is 16.1. The fourth-order valence-corrected chi connectivity index (χ4v) is 4.09. The molecular weight excluding hydrogens is 443 g/mol. The summed E-state index contributed by atoms with van der Waals surface area (Å²) < 4.78 is 7.73. The summed E-state index contributed by atoms with van der Waals surface area (Å²) in [6.45, 7) is 1.98. The summed E-state index contributed by atoms with van der Waals surface area (Å²) in [5.74, 6) is 1.72. The normalized spacial score (nSPS) is 13.7. The van der Waals surface area contributed by atoms with Gasteiger partial charge < -0.3 is 4.42 Å². The van der Waals surface area contributed by atoms with Crippen molar-refractivity contribution in [1.82, 2.24) is 20.0 Å². The second-order valence-electron chi connectivity index (χ2n) is 7.49. The quantitative estimate of drug-likeness (QED) is 0.329. The van der Waals surface area contributed by atoms with Crippen LogP contribution in [0.1, 0.15) is 24.3 Å². The molecule has 5 rings (SSSR count). The monoisotopic (exact) mass is 458 g/mol. The molecule has 5 nitrogen and oxygen atoms in total. The molecule has 0 N–H and O–H groups in total. The summed E-state index contributed by atoms with van der Waals surface area (Å²) in [7, 11) is 0. The molecule has 2 aromatic carbocycles. The lowest BCUT2D eigenvalue weighted by molar-refractivity contribution is 0.490. The summed E-state index contributed by atoms with van der Waals surface area (Å²) in [6, 6.07) is 12.9. The minimum absolute atomic E-state index is 0.405. The van der Waals surface area contributed by atoms with Gasteiger partial charge in [-0.2, -0.15) is 5.10 Å². The minimum Gasteiger partial charge on any atom is -0.419 e. The van der Waals surface area contributed by atoms with Gasteiger partial charge in [-0.3, -0.25) is 0 Å². The number of nitrogens with zero attached hydrogens (tertiary/aromatic N) is 4. The van der Waals surface area contributed by atoms with Gasteiger partial charge in [-0.15, -0.1) is 10.2 Å². The summed E-state index contributed by atoms with van der Waals surface area (Å²) >= 11 is 18.7. The Morgan fingerprint density at radius 3 is 2.43 bits per heavy atom. The molecule has 1 aliphatic carbocycles. The van der Waals surface area contributed by atoms with E-state index in [9.17, 15) is 0 Å². The zero-order valence-corrected chi connectivity index (χ0v) is 18.3. The first-order valence-corrected chi connectivity index (χ1v) is 10.8. The van der Waals surface area contributed by atoms with Gasteiger partial charge in [0.15, 0.2) is 5.69 Å². The van der Waals surface area contributed by atoms with Gasteiger partial charge in [-0.1, -0.05) is 46.9 Å². The molecule has 1 aliphatic rings. The number of hydrogen-bond donors (Lipinski definition) is 0. The Balaban J connectivity index is 1.67. The molecule has 2 heterocycles. The number of aromatic nitrogens is 4. The molecule has 4 aromatic rings. The van der Waals surface area contributed by atoms with Gasteiger partial charge in [0, 0.05) is 27.6 Å². The molecule has 30 heavy (non-hydrogen) atoms. The molecule has 0 saturated heterocycles. The van der Waals surface area contributed by atoms with E-state index < -0.39 is 0 Å². The van der Waals surface area contributed by atoms with Crippen molar-refractivity contribution < 1.29 is 4.42 Å². The van der Waals surface area contributed by atoms with Crippen molar-refractivity contribution in [2.24, 2.45) is 5.92 Å². The van der Waals surface area contributed by atoms with Crippen LogP contribution in [0.5, 0.6) is 0 Å². The van der Waals surface area contributed by atoms with E-state index in [0.29, 0.717) is 44.1 Å². The lowest BCUT2D eigenvalue weighted by Gasteiger charge is -2.11. The van der Waals surface area contributed by atoms with Crippen LogP contribution < -0.4 is 0 Å². The smallest absolute Gasteiger partial charge is 0.268 e. The molecule has 0 spiro atoms. The van der Waals surface area contributed by atoms with Crippen LogP contribution in [0.2, 0.25) is 15.1 Å². The Bertz CT molecular complexity index is 1230. The molecule has 8 heteroatoms. The molecule has 0 amide bonds. The lowest BCUT2D eigenvalue weighted by Crippen LogP contribution is -2.00. The van der Waals surface area contributed by atoms with Gasteiger partial charge in [0.05, 0.1) is 16.4 Å². The third-order valence-corrected chi connectivity index (χ3v) is 6.00. The van der Waals surface area contributed by atoms with Crippen molar-refractivity contribution in [3.63, 3.8) is 0 Å². The highest BCUT2D eigenvalue weighted by atomic mass is 35.5. The first-order valence-electron chi connectivity index (χ1n) is 9.63. The first-order chi connectivity index (χ1) is 14.5. The summed E-state index contributed by atoms with van der Waals surface area (Å²) in [5, 5.41) is 15.0. The van der Waals surface area contributed by atoms with Gasteiger partial charge in [0.1, 0.15) is 0 Å². The molecule has 0 bridgehead atoms. The Morgan fingerprint density at radius 1 is 1.00 bits per heavy atom. The molecule has 0 radical (unpaired) electrons.